The molecule has 23 heavy (non-hydrogen) atoms. The molecule has 0 saturated heterocycles. The Morgan fingerprint density at radius 3 is 2.70 bits per heavy atom. The number of halogens is 1. The number of aromatic nitrogens is 1. The van der Waals surface area contributed by atoms with Crippen LogP contribution in [0.25, 0.3) is 0 Å². The molecule has 122 valence electrons. The molecule has 0 radical (unpaired) electrons. The van der Waals surface area contributed by atoms with Gasteiger partial charge in [0.15, 0.2) is 5.75 Å². The maximum Gasteiger partial charge on any atom is 0.153 e. The zero-order valence-electron chi connectivity index (χ0n) is 13.6. The monoisotopic (exact) mass is 374 g/mol. The molecule has 3 rings (SSSR count). The second-order valence-electron chi connectivity index (χ2n) is 6.48. The summed E-state index contributed by atoms with van der Waals surface area (Å²) in [5, 5.41) is 3.65. The number of anilines is 1. The van der Waals surface area contributed by atoms with Crippen molar-refractivity contribution >= 4 is 21.6 Å². The van der Waals surface area contributed by atoms with Crippen LogP contribution < -0.4 is 10.1 Å². The summed E-state index contributed by atoms with van der Waals surface area (Å²) in [6, 6.07) is 13.4. The zero-order chi connectivity index (χ0) is 16.2. The van der Waals surface area contributed by atoms with Crippen LogP contribution >= 0.6 is 15.9 Å². The lowest BCUT2D eigenvalue weighted by Gasteiger charge is -2.34. The first kappa shape index (κ1) is 16.3. The number of pyridine rings is 1. The first-order valence-electron chi connectivity index (χ1n) is 8.16. The van der Waals surface area contributed by atoms with E-state index in [-0.39, 0.29) is 0 Å². The number of hydrogen-bond acceptors (Lipinski definition) is 3. The SMILES string of the molecule is COc1cc(NC2CC(C)CC(c3ccccc3)C2)cnc1Br. The average Bonchev–Trinajstić information content (AvgIpc) is 2.57. The van der Waals surface area contributed by atoms with Crippen molar-refractivity contribution in [2.75, 3.05) is 12.4 Å². The van der Waals surface area contributed by atoms with Gasteiger partial charge < -0.3 is 10.1 Å². The predicted molar refractivity (Wildman–Crippen MR) is 98.1 cm³/mol. The highest BCUT2D eigenvalue weighted by Gasteiger charge is 2.27. The van der Waals surface area contributed by atoms with E-state index in [1.54, 1.807) is 7.11 Å². The third-order valence-electron chi connectivity index (χ3n) is 4.61. The molecule has 1 aliphatic carbocycles. The molecule has 3 atom stereocenters. The first-order chi connectivity index (χ1) is 11.2. The number of rotatable bonds is 4. The third-order valence-corrected chi connectivity index (χ3v) is 5.21. The van der Waals surface area contributed by atoms with Gasteiger partial charge in [-0.2, -0.15) is 0 Å². The van der Waals surface area contributed by atoms with Crippen LogP contribution in [0.15, 0.2) is 47.2 Å². The Hall–Kier alpha value is -1.55. The van der Waals surface area contributed by atoms with Crippen LogP contribution in [0, 0.1) is 5.92 Å². The summed E-state index contributed by atoms with van der Waals surface area (Å²) in [4.78, 5) is 4.34. The van der Waals surface area contributed by atoms with Gasteiger partial charge in [0.05, 0.1) is 19.0 Å². The summed E-state index contributed by atoms with van der Waals surface area (Å²) in [5.74, 6) is 2.11. The van der Waals surface area contributed by atoms with E-state index < -0.39 is 0 Å². The molecule has 1 aromatic heterocycles. The maximum absolute atomic E-state index is 5.34. The Kier molecular flexibility index (Phi) is 5.21. The van der Waals surface area contributed by atoms with E-state index in [2.05, 4.69) is 63.5 Å². The molecule has 1 fully saturated rings. The molecule has 3 nitrogen and oxygen atoms in total. The van der Waals surface area contributed by atoms with E-state index >= 15 is 0 Å². The van der Waals surface area contributed by atoms with Gasteiger partial charge in [0.1, 0.15) is 4.60 Å². The summed E-state index contributed by atoms with van der Waals surface area (Å²) in [5.41, 5.74) is 2.48. The fraction of sp³-hybridized carbons (Fsp3) is 0.421. The number of nitrogens with one attached hydrogen (secondary N) is 1. The average molecular weight is 375 g/mol. The molecule has 0 amide bonds. The Labute approximate surface area is 146 Å². The Balaban J connectivity index is 1.72. The van der Waals surface area contributed by atoms with Gasteiger partial charge in [-0.25, -0.2) is 4.98 Å². The molecular weight excluding hydrogens is 352 g/mol. The molecule has 2 aromatic rings. The summed E-state index contributed by atoms with van der Waals surface area (Å²) in [6.07, 6.45) is 5.49. The summed E-state index contributed by atoms with van der Waals surface area (Å²) in [6.45, 7) is 2.35. The Morgan fingerprint density at radius 1 is 1.17 bits per heavy atom. The van der Waals surface area contributed by atoms with Gasteiger partial charge >= 0.3 is 0 Å². The van der Waals surface area contributed by atoms with Gasteiger partial charge in [0, 0.05) is 12.1 Å². The normalized spacial score (nSPS) is 24.2. The molecule has 4 heteroatoms. The number of hydrogen-bond donors (Lipinski definition) is 1. The molecule has 0 spiro atoms. The first-order valence-corrected chi connectivity index (χ1v) is 8.96. The van der Waals surface area contributed by atoms with Crippen molar-refractivity contribution in [2.24, 2.45) is 5.92 Å². The summed E-state index contributed by atoms with van der Waals surface area (Å²) in [7, 11) is 1.67. The Bertz CT molecular complexity index is 647. The van der Waals surface area contributed by atoms with Gasteiger partial charge in [0.2, 0.25) is 0 Å². The van der Waals surface area contributed by atoms with Crippen LogP contribution in [0.5, 0.6) is 5.75 Å². The molecule has 1 aromatic carbocycles. The standard InChI is InChI=1S/C19H23BrN2O/c1-13-8-15(14-6-4-3-5-7-14)10-16(9-13)22-17-11-18(23-2)19(20)21-12-17/h3-7,11-13,15-16,22H,8-10H2,1-2H3. The van der Waals surface area contributed by atoms with Crippen molar-refractivity contribution in [1.82, 2.24) is 4.98 Å². The van der Waals surface area contributed by atoms with Crippen molar-refractivity contribution < 1.29 is 4.74 Å². The van der Waals surface area contributed by atoms with E-state index in [4.69, 9.17) is 4.74 Å². The van der Waals surface area contributed by atoms with Gasteiger partial charge in [-0.1, -0.05) is 37.3 Å². The van der Waals surface area contributed by atoms with Crippen LogP contribution in [0.4, 0.5) is 5.69 Å². The minimum absolute atomic E-state index is 0.469. The van der Waals surface area contributed by atoms with Gasteiger partial charge in [-0.3, -0.25) is 0 Å². The Morgan fingerprint density at radius 2 is 1.96 bits per heavy atom. The fourth-order valence-electron chi connectivity index (χ4n) is 3.60. The molecule has 1 saturated carbocycles. The smallest absolute Gasteiger partial charge is 0.153 e. The van der Waals surface area contributed by atoms with Crippen molar-refractivity contribution in [3.05, 3.63) is 52.8 Å². The largest absolute Gasteiger partial charge is 0.494 e. The minimum Gasteiger partial charge on any atom is -0.494 e. The molecule has 1 heterocycles. The maximum atomic E-state index is 5.34. The van der Waals surface area contributed by atoms with Crippen LogP contribution in [0.1, 0.15) is 37.7 Å². The number of benzene rings is 1. The van der Waals surface area contributed by atoms with Gasteiger partial charge in [-0.15, -0.1) is 0 Å². The number of nitrogens with zero attached hydrogens (tertiary/aromatic N) is 1. The topological polar surface area (TPSA) is 34.1 Å². The predicted octanol–water partition coefficient (Wildman–Crippen LogP) is 5.24. The van der Waals surface area contributed by atoms with Gasteiger partial charge in [-0.05, 0) is 52.6 Å². The fourth-order valence-corrected chi connectivity index (χ4v) is 3.98. The number of ether oxygens (including phenoxy) is 1. The minimum atomic E-state index is 0.469. The van der Waals surface area contributed by atoms with E-state index in [0.717, 1.165) is 28.4 Å². The summed E-state index contributed by atoms with van der Waals surface area (Å²) < 4.78 is 6.08. The van der Waals surface area contributed by atoms with Crippen molar-refractivity contribution in [1.29, 1.82) is 0 Å². The lowest BCUT2D eigenvalue weighted by Crippen LogP contribution is -2.30. The molecule has 3 unspecified atom stereocenters. The van der Waals surface area contributed by atoms with E-state index in [1.165, 1.54) is 18.4 Å². The van der Waals surface area contributed by atoms with Crippen molar-refractivity contribution in [3.8, 4) is 5.75 Å². The quantitative estimate of drug-likeness (QED) is 0.743. The zero-order valence-corrected chi connectivity index (χ0v) is 15.2. The second-order valence-corrected chi connectivity index (χ2v) is 7.23. The van der Waals surface area contributed by atoms with Crippen molar-refractivity contribution in [3.63, 3.8) is 0 Å². The van der Waals surface area contributed by atoms with Gasteiger partial charge in [0.25, 0.3) is 0 Å². The van der Waals surface area contributed by atoms with Crippen LogP contribution in [0.2, 0.25) is 0 Å². The number of methoxy groups -OCH3 is 1. The van der Waals surface area contributed by atoms with Crippen LogP contribution in [-0.2, 0) is 0 Å². The molecule has 0 bridgehead atoms. The van der Waals surface area contributed by atoms with E-state index in [1.807, 2.05) is 12.3 Å². The van der Waals surface area contributed by atoms with E-state index in [0.29, 0.717) is 12.0 Å². The molecule has 0 aliphatic heterocycles. The third kappa shape index (κ3) is 4.05. The van der Waals surface area contributed by atoms with Crippen LogP contribution in [-0.4, -0.2) is 18.1 Å². The molecule has 1 N–H and O–H groups in total. The highest BCUT2D eigenvalue weighted by molar-refractivity contribution is 9.10. The van der Waals surface area contributed by atoms with Crippen molar-refractivity contribution in [2.45, 2.75) is 38.1 Å². The molecule has 1 aliphatic rings. The summed E-state index contributed by atoms with van der Waals surface area (Å²) >= 11 is 3.40. The lowest BCUT2D eigenvalue weighted by molar-refractivity contribution is 0.320. The van der Waals surface area contributed by atoms with Crippen LogP contribution in [0.3, 0.4) is 0 Å². The highest BCUT2D eigenvalue weighted by Crippen LogP contribution is 2.37. The van der Waals surface area contributed by atoms with E-state index in [9.17, 15) is 0 Å². The molecular formula is C19H23BrN2O. The second kappa shape index (κ2) is 7.35. The highest BCUT2D eigenvalue weighted by atomic mass is 79.9. The lowest BCUT2D eigenvalue weighted by atomic mass is 9.76.